The highest BCUT2D eigenvalue weighted by molar-refractivity contribution is 8.01. The van der Waals surface area contributed by atoms with E-state index in [4.69, 9.17) is 16.9 Å². The Morgan fingerprint density at radius 3 is 2.69 bits per heavy atom. The zero-order chi connectivity index (χ0) is 9.52. The third kappa shape index (κ3) is 4.21. The molecule has 0 N–H and O–H groups in total. The molecule has 0 fully saturated rings. The zero-order valence-corrected chi connectivity index (χ0v) is 8.68. The molecule has 0 radical (unpaired) electrons. The second kappa shape index (κ2) is 5.90. The number of hydrogen-bond donors (Lipinski definition) is 0. The van der Waals surface area contributed by atoms with Crippen LogP contribution in [0.3, 0.4) is 0 Å². The normalized spacial score (nSPS) is 12.0. The Kier molecular flexibility index (Phi) is 4.74. The molecular formula is C10H10ClNS. The number of nitriles is 1. The average molecular weight is 212 g/mol. The Balaban J connectivity index is 2.37. The number of halogens is 1. The Hall–Kier alpha value is -0.650. The monoisotopic (exact) mass is 211 g/mol. The number of thioether (sulfide) groups is 1. The van der Waals surface area contributed by atoms with E-state index in [1.165, 1.54) is 0 Å². The lowest BCUT2D eigenvalue weighted by molar-refractivity contribution is 0.940. The van der Waals surface area contributed by atoms with Crippen LogP contribution in [-0.4, -0.2) is 4.71 Å². The van der Waals surface area contributed by atoms with Gasteiger partial charge in [-0.15, -0.1) is 23.4 Å². The first-order valence-electron chi connectivity index (χ1n) is 4.05. The van der Waals surface area contributed by atoms with Gasteiger partial charge in [0.15, 0.2) is 0 Å². The molecule has 0 spiro atoms. The minimum absolute atomic E-state index is 0.00190. The molecule has 0 saturated carbocycles. The zero-order valence-electron chi connectivity index (χ0n) is 7.11. The Bertz CT molecular complexity index is 281. The smallest absolute Gasteiger partial charge is 0.0845 e. The second-order valence-electron chi connectivity index (χ2n) is 2.54. The predicted octanol–water partition coefficient (Wildman–Crippen LogP) is 3.65. The van der Waals surface area contributed by atoms with Gasteiger partial charge in [-0.05, 0) is 18.6 Å². The van der Waals surface area contributed by atoms with Crippen molar-refractivity contribution in [2.45, 2.75) is 22.4 Å². The van der Waals surface area contributed by atoms with Gasteiger partial charge in [-0.3, -0.25) is 0 Å². The number of benzene rings is 1. The van der Waals surface area contributed by atoms with Gasteiger partial charge >= 0.3 is 0 Å². The fourth-order valence-corrected chi connectivity index (χ4v) is 2.15. The van der Waals surface area contributed by atoms with Crippen molar-refractivity contribution in [1.82, 2.24) is 0 Å². The summed E-state index contributed by atoms with van der Waals surface area (Å²) in [6.07, 6.45) is 1.26. The maximum atomic E-state index is 8.36. The molecular weight excluding hydrogens is 202 g/mol. The van der Waals surface area contributed by atoms with E-state index in [1.807, 2.05) is 30.3 Å². The SMILES string of the molecule is N#CCCC(Cl)Sc1ccccc1. The summed E-state index contributed by atoms with van der Waals surface area (Å²) in [7, 11) is 0. The van der Waals surface area contributed by atoms with Crippen molar-refractivity contribution >= 4 is 23.4 Å². The standard InChI is InChI=1S/C10H10ClNS/c11-10(7-4-8-12)13-9-5-2-1-3-6-9/h1-3,5-6,10H,4,7H2. The largest absolute Gasteiger partial charge is 0.198 e. The van der Waals surface area contributed by atoms with Crippen LogP contribution in [0.2, 0.25) is 0 Å². The quantitative estimate of drug-likeness (QED) is 0.561. The lowest BCUT2D eigenvalue weighted by Crippen LogP contribution is -1.90. The highest BCUT2D eigenvalue weighted by atomic mass is 35.5. The van der Waals surface area contributed by atoms with Crippen LogP contribution in [0.4, 0.5) is 0 Å². The first kappa shape index (κ1) is 10.4. The second-order valence-corrected chi connectivity index (χ2v) is 4.60. The molecule has 1 aromatic rings. The van der Waals surface area contributed by atoms with Gasteiger partial charge in [0, 0.05) is 11.3 Å². The van der Waals surface area contributed by atoms with E-state index in [0.717, 1.165) is 11.3 Å². The summed E-state index contributed by atoms with van der Waals surface area (Å²) in [5.41, 5.74) is 0. The van der Waals surface area contributed by atoms with Crippen LogP contribution in [0.5, 0.6) is 0 Å². The molecule has 0 heterocycles. The molecule has 1 unspecified atom stereocenters. The molecule has 0 aliphatic rings. The van der Waals surface area contributed by atoms with Crippen molar-refractivity contribution in [3.8, 4) is 6.07 Å². The van der Waals surface area contributed by atoms with Crippen LogP contribution < -0.4 is 0 Å². The van der Waals surface area contributed by atoms with Crippen molar-refractivity contribution in [2.24, 2.45) is 0 Å². The van der Waals surface area contributed by atoms with Gasteiger partial charge in [-0.1, -0.05) is 18.2 Å². The van der Waals surface area contributed by atoms with Gasteiger partial charge in [0.1, 0.15) is 0 Å². The lowest BCUT2D eigenvalue weighted by atomic mass is 10.4. The van der Waals surface area contributed by atoms with Crippen LogP contribution in [0.1, 0.15) is 12.8 Å². The van der Waals surface area contributed by atoms with E-state index in [-0.39, 0.29) is 4.71 Å². The third-order valence-corrected chi connectivity index (χ3v) is 3.01. The van der Waals surface area contributed by atoms with E-state index < -0.39 is 0 Å². The van der Waals surface area contributed by atoms with E-state index >= 15 is 0 Å². The van der Waals surface area contributed by atoms with Crippen molar-refractivity contribution in [1.29, 1.82) is 5.26 Å². The van der Waals surface area contributed by atoms with Crippen molar-refractivity contribution < 1.29 is 0 Å². The minimum Gasteiger partial charge on any atom is -0.198 e. The third-order valence-electron chi connectivity index (χ3n) is 1.49. The number of nitrogens with zero attached hydrogens (tertiary/aromatic N) is 1. The molecule has 1 rings (SSSR count). The fourth-order valence-electron chi connectivity index (χ4n) is 0.884. The molecule has 13 heavy (non-hydrogen) atoms. The molecule has 0 amide bonds. The predicted molar refractivity (Wildman–Crippen MR) is 56.8 cm³/mol. The maximum absolute atomic E-state index is 8.36. The van der Waals surface area contributed by atoms with Gasteiger partial charge in [0.25, 0.3) is 0 Å². The van der Waals surface area contributed by atoms with E-state index in [9.17, 15) is 0 Å². The van der Waals surface area contributed by atoms with Crippen molar-refractivity contribution in [3.05, 3.63) is 30.3 Å². The van der Waals surface area contributed by atoms with Gasteiger partial charge in [-0.25, -0.2) is 0 Å². The van der Waals surface area contributed by atoms with Gasteiger partial charge in [0.2, 0.25) is 0 Å². The molecule has 68 valence electrons. The summed E-state index contributed by atoms with van der Waals surface area (Å²) in [6, 6.07) is 12.1. The summed E-state index contributed by atoms with van der Waals surface area (Å²) in [6.45, 7) is 0. The minimum atomic E-state index is 0.00190. The van der Waals surface area contributed by atoms with Crippen LogP contribution in [-0.2, 0) is 0 Å². The molecule has 0 saturated heterocycles. The number of hydrogen-bond acceptors (Lipinski definition) is 2. The Morgan fingerprint density at radius 2 is 2.08 bits per heavy atom. The first-order chi connectivity index (χ1) is 6.33. The molecule has 1 aromatic carbocycles. The van der Waals surface area contributed by atoms with E-state index in [2.05, 4.69) is 6.07 Å². The van der Waals surface area contributed by atoms with Crippen LogP contribution in [0.25, 0.3) is 0 Å². The van der Waals surface area contributed by atoms with Gasteiger partial charge in [0.05, 0.1) is 10.8 Å². The van der Waals surface area contributed by atoms with Gasteiger partial charge in [-0.2, -0.15) is 5.26 Å². The van der Waals surface area contributed by atoms with Gasteiger partial charge < -0.3 is 0 Å². The average Bonchev–Trinajstić information content (AvgIpc) is 2.16. The molecule has 1 nitrogen and oxygen atoms in total. The van der Waals surface area contributed by atoms with E-state index in [0.29, 0.717) is 6.42 Å². The summed E-state index contributed by atoms with van der Waals surface area (Å²) < 4.78 is 0.00190. The molecule has 1 atom stereocenters. The molecule has 0 aliphatic heterocycles. The summed E-state index contributed by atoms with van der Waals surface area (Å²) in [5.74, 6) is 0. The maximum Gasteiger partial charge on any atom is 0.0845 e. The van der Waals surface area contributed by atoms with E-state index in [1.54, 1.807) is 11.8 Å². The first-order valence-corrected chi connectivity index (χ1v) is 5.37. The van der Waals surface area contributed by atoms with Crippen LogP contribution in [0.15, 0.2) is 35.2 Å². The number of alkyl halides is 1. The Labute approximate surface area is 87.7 Å². The summed E-state index contributed by atoms with van der Waals surface area (Å²) in [4.78, 5) is 1.15. The van der Waals surface area contributed by atoms with Crippen LogP contribution >= 0.6 is 23.4 Å². The summed E-state index contributed by atoms with van der Waals surface area (Å²) in [5, 5.41) is 8.36. The topological polar surface area (TPSA) is 23.8 Å². The molecule has 0 aliphatic carbocycles. The molecule has 0 aromatic heterocycles. The summed E-state index contributed by atoms with van der Waals surface area (Å²) >= 11 is 7.60. The van der Waals surface area contributed by atoms with Crippen LogP contribution in [0, 0.1) is 11.3 Å². The highest BCUT2D eigenvalue weighted by Crippen LogP contribution is 2.28. The highest BCUT2D eigenvalue weighted by Gasteiger charge is 2.05. The lowest BCUT2D eigenvalue weighted by Gasteiger charge is -2.05. The number of rotatable bonds is 4. The Morgan fingerprint density at radius 1 is 1.38 bits per heavy atom. The fraction of sp³-hybridized carbons (Fsp3) is 0.300. The molecule has 3 heteroatoms. The van der Waals surface area contributed by atoms with Crippen molar-refractivity contribution in [2.75, 3.05) is 0 Å². The molecule has 0 bridgehead atoms. The van der Waals surface area contributed by atoms with Crippen molar-refractivity contribution in [3.63, 3.8) is 0 Å².